The summed E-state index contributed by atoms with van der Waals surface area (Å²) in [5.74, 6) is 0.689. The van der Waals surface area contributed by atoms with Gasteiger partial charge in [-0.05, 0) is 43.9 Å². The quantitative estimate of drug-likeness (QED) is 0.289. The van der Waals surface area contributed by atoms with Gasteiger partial charge in [0.15, 0.2) is 5.96 Å². The summed E-state index contributed by atoms with van der Waals surface area (Å²) in [6.45, 7) is 4.30. The monoisotopic (exact) mass is 488 g/mol. The van der Waals surface area contributed by atoms with Gasteiger partial charge in [-0.1, -0.05) is 17.7 Å². The average molecular weight is 488 g/mol. The zero-order valence-electron chi connectivity index (χ0n) is 15.9. The van der Waals surface area contributed by atoms with Crippen LogP contribution in [-0.4, -0.2) is 51.9 Å². The lowest BCUT2D eigenvalue weighted by molar-refractivity contribution is 0.153. The van der Waals surface area contributed by atoms with E-state index in [1.165, 1.54) is 11.6 Å². The number of piperidine rings is 1. The van der Waals surface area contributed by atoms with Crippen molar-refractivity contribution in [3.05, 3.63) is 41.7 Å². The summed E-state index contributed by atoms with van der Waals surface area (Å²) in [7, 11) is 1.81. The van der Waals surface area contributed by atoms with E-state index < -0.39 is 0 Å². The van der Waals surface area contributed by atoms with Crippen molar-refractivity contribution in [3.63, 3.8) is 0 Å². The Morgan fingerprint density at radius 2 is 2.15 bits per heavy atom. The highest BCUT2D eigenvalue weighted by atomic mass is 127. The number of hydrogen-bond donors (Lipinski definition) is 2. The van der Waals surface area contributed by atoms with Gasteiger partial charge in [-0.15, -0.1) is 24.0 Å². The Kier molecular flexibility index (Phi) is 9.33. The summed E-state index contributed by atoms with van der Waals surface area (Å²) < 4.78 is 18.7. The first-order chi connectivity index (χ1) is 12.7. The van der Waals surface area contributed by atoms with Crippen LogP contribution in [0.4, 0.5) is 10.1 Å². The fourth-order valence-electron chi connectivity index (χ4n) is 3.48. The molecule has 0 saturated carbocycles. The van der Waals surface area contributed by atoms with Crippen molar-refractivity contribution < 1.29 is 9.13 Å². The van der Waals surface area contributed by atoms with Gasteiger partial charge in [0.05, 0.1) is 13.2 Å². The lowest BCUT2D eigenvalue weighted by Gasteiger charge is -2.34. The number of nitrogens with one attached hydrogen (secondary N) is 2. The van der Waals surface area contributed by atoms with Gasteiger partial charge in [-0.3, -0.25) is 4.99 Å². The maximum atomic E-state index is 13.4. The molecule has 1 fully saturated rings. The zero-order valence-corrected chi connectivity index (χ0v) is 18.2. The van der Waals surface area contributed by atoms with E-state index in [1.807, 2.05) is 13.1 Å². The second kappa shape index (κ2) is 11.5. The molecule has 150 valence electrons. The van der Waals surface area contributed by atoms with Crippen molar-refractivity contribution in [1.29, 1.82) is 0 Å². The molecule has 2 aliphatic rings. The van der Waals surface area contributed by atoms with Crippen LogP contribution >= 0.6 is 24.0 Å². The molecule has 7 heteroatoms. The topological polar surface area (TPSA) is 48.9 Å². The van der Waals surface area contributed by atoms with E-state index in [9.17, 15) is 4.39 Å². The second-order valence-corrected chi connectivity index (χ2v) is 6.82. The highest BCUT2D eigenvalue weighted by Crippen LogP contribution is 2.20. The Hall–Kier alpha value is -1.35. The molecule has 1 aromatic carbocycles. The van der Waals surface area contributed by atoms with Crippen molar-refractivity contribution in [3.8, 4) is 0 Å². The summed E-state index contributed by atoms with van der Waals surface area (Å²) in [6, 6.07) is 7.24. The molecule has 0 bridgehead atoms. The van der Waals surface area contributed by atoms with Crippen LogP contribution < -0.4 is 15.5 Å². The average Bonchev–Trinajstić information content (AvgIpc) is 2.68. The van der Waals surface area contributed by atoms with Crippen molar-refractivity contribution >= 4 is 35.6 Å². The summed E-state index contributed by atoms with van der Waals surface area (Å²) in [5.41, 5.74) is 2.43. The minimum absolute atomic E-state index is 0. The molecule has 0 atom stereocenters. The molecule has 0 amide bonds. The maximum absolute atomic E-state index is 13.4. The Balaban J connectivity index is 0.00000261. The molecule has 0 unspecified atom stereocenters. The van der Waals surface area contributed by atoms with Gasteiger partial charge in [0, 0.05) is 38.4 Å². The van der Waals surface area contributed by atoms with Crippen LogP contribution in [0.3, 0.4) is 0 Å². The van der Waals surface area contributed by atoms with E-state index in [4.69, 9.17) is 4.74 Å². The molecule has 3 rings (SSSR count). The Labute approximate surface area is 178 Å². The normalized spacial score (nSPS) is 18.5. The molecule has 1 aromatic rings. The molecule has 2 aliphatic heterocycles. The van der Waals surface area contributed by atoms with E-state index in [0.29, 0.717) is 6.04 Å². The predicted octanol–water partition coefficient (Wildman–Crippen LogP) is 3.31. The first kappa shape index (κ1) is 21.9. The molecule has 5 nitrogen and oxygen atoms in total. The van der Waals surface area contributed by atoms with Gasteiger partial charge in [-0.2, -0.15) is 0 Å². The van der Waals surface area contributed by atoms with Crippen LogP contribution in [0.1, 0.15) is 25.7 Å². The number of rotatable bonds is 5. The van der Waals surface area contributed by atoms with Gasteiger partial charge < -0.3 is 20.3 Å². The van der Waals surface area contributed by atoms with E-state index >= 15 is 0 Å². The predicted molar refractivity (Wildman–Crippen MR) is 120 cm³/mol. The van der Waals surface area contributed by atoms with Crippen LogP contribution in [0.15, 0.2) is 40.9 Å². The smallest absolute Gasteiger partial charge is 0.191 e. The molecule has 0 radical (unpaired) electrons. The minimum Gasteiger partial charge on any atom is -0.377 e. The SMILES string of the molecule is CN=C(NCCC1=CCOCC1)NC1CCN(c2cccc(F)c2)CC1.I. The maximum Gasteiger partial charge on any atom is 0.191 e. The van der Waals surface area contributed by atoms with Crippen molar-refractivity contribution in [2.45, 2.75) is 31.7 Å². The first-order valence-corrected chi connectivity index (χ1v) is 9.48. The molecule has 1 saturated heterocycles. The van der Waals surface area contributed by atoms with E-state index in [-0.39, 0.29) is 29.8 Å². The molecule has 2 heterocycles. The standard InChI is InChI=1S/C20H29FN4O.HI/c1-22-20(23-10-5-16-8-13-26-14-9-16)24-18-6-11-25(12-7-18)19-4-2-3-17(21)15-19;/h2-4,8,15,18H,5-7,9-14H2,1H3,(H2,22,23,24);1H. The van der Waals surface area contributed by atoms with Crippen LogP contribution in [0, 0.1) is 5.82 Å². The lowest BCUT2D eigenvalue weighted by Crippen LogP contribution is -2.49. The second-order valence-electron chi connectivity index (χ2n) is 6.82. The number of benzene rings is 1. The van der Waals surface area contributed by atoms with Crippen LogP contribution in [-0.2, 0) is 4.74 Å². The first-order valence-electron chi connectivity index (χ1n) is 9.48. The minimum atomic E-state index is -0.174. The van der Waals surface area contributed by atoms with E-state index in [0.717, 1.165) is 70.2 Å². The third-order valence-corrected chi connectivity index (χ3v) is 5.03. The van der Waals surface area contributed by atoms with Crippen LogP contribution in [0.5, 0.6) is 0 Å². The Bertz CT molecular complexity index is 645. The van der Waals surface area contributed by atoms with Crippen molar-refractivity contribution in [2.75, 3.05) is 44.8 Å². The van der Waals surface area contributed by atoms with E-state index in [1.54, 1.807) is 12.1 Å². The van der Waals surface area contributed by atoms with Gasteiger partial charge >= 0.3 is 0 Å². The number of aliphatic imine (C=N–C) groups is 1. The highest BCUT2D eigenvalue weighted by Gasteiger charge is 2.20. The molecule has 0 aromatic heterocycles. The summed E-state index contributed by atoms with van der Waals surface area (Å²) in [6.07, 6.45) is 6.28. The molecule has 2 N–H and O–H groups in total. The molecule has 0 spiro atoms. The van der Waals surface area contributed by atoms with Gasteiger partial charge in [-0.25, -0.2) is 4.39 Å². The number of anilines is 1. The molecular formula is C20H30FIN4O. The van der Waals surface area contributed by atoms with Gasteiger partial charge in [0.2, 0.25) is 0 Å². The third kappa shape index (κ3) is 6.95. The van der Waals surface area contributed by atoms with Crippen molar-refractivity contribution in [2.24, 2.45) is 4.99 Å². The van der Waals surface area contributed by atoms with E-state index in [2.05, 4.69) is 26.6 Å². The fourth-order valence-corrected chi connectivity index (χ4v) is 3.48. The third-order valence-electron chi connectivity index (χ3n) is 5.03. The number of guanidine groups is 1. The van der Waals surface area contributed by atoms with Gasteiger partial charge in [0.25, 0.3) is 0 Å². The van der Waals surface area contributed by atoms with Crippen LogP contribution in [0.2, 0.25) is 0 Å². The Morgan fingerprint density at radius 3 is 2.81 bits per heavy atom. The highest BCUT2D eigenvalue weighted by molar-refractivity contribution is 14.0. The molecule has 0 aliphatic carbocycles. The molecular weight excluding hydrogens is 458 g/mol. The summed E-state index contributed by atoms with van der Waals surface area (Å²) in [5, 5.41) is 6.93. The Morgan fingerprint density at radius 1 is 1.33 bits per heavy atom. The lowest BCUT2D eigenvalue weighted by atomic mass is 10.0. The summed E-state index contributed by atoms with van der Waals surface area (Å²) >= 11 is 0. The number of halogens is 2. The van der Waals surface area contributed by atoms with Crippen LogP contribution in [0.25, 0.3) is 0 Å². The number of nitrogens with zero attached hydrogens (tertiary/aromatic N) is 2. The van der Waals surface area contributed by atoms with Crippen molar-refractivity contribution in [1.82, 2.24) is 10.6 Å². The number of ether oxygens (including phenoxy) is 1. The summed E-state index contributed by atoms with van der Waals surface area (Å²) in [4.78, 5) is 6.59. The number of hydrogen-bond acceptors (Lipinski definition) is 3. The fraction of sp³-hybridized carbons (Fsp3) is 0.550. The molecule has 27 heavy (non-hydrogen) atoms. The van der Waals surface area contributed by atoms with Gasteiger partial charge in [0.1, 0.15) is 5.82 Å². The largest absolute Gasteiger partial charge is 0.377 e. The zero-order chi connectivity index (χ0) is 18.2.